The predicted molar refractivity (Wildman–Crippen MR) is 188 cm³/mol. The van der Waals surface area contributed by atoms with Gasteiger partial charge in [0.2, 0.25) is 0 Å². The molecule has 0 bridgehead atoms. The lowest BCUT2D eigenvalue weighted by atomic mass is 10.1. The van der Waals surface area contributed by atoms with Crippen LogP contribution in [0.1, 0.15) is 42.2 Å². The average molecular weight is 750 g/mol. The van der Waals surface area contributed by atoms with Gasteiger partial charge in [-0.15, -0.1) is 0 Å². The summed E-state index contributed by atoms with van der Waals surface area (Å²) in [6, 6.07) is 28.0. The molecule has 53 heavy (non-hydrogen) atoms. The third kappa shape index (κ3) is 10.3. The summed E-state index contributed by atoms with van der Waals surface area (Å²) in [6.45, 7) is 0.118. The summed E-state index contributed by atoms with van der Waals surface area (Å²) in [7, 11) is -3.99. The monoisotopic (exact) mass is 749 g/mol. The zero-order chi connectivity index (χ0) is 37.0. The molecule has 2 aliphatic rings. The number of benzene rings is 3. The number of aromatic amines is 1. The van der Waals surface area contributed by atoms with Gasteiger partial charge < -0.3 is 23.7 Å². The van der Waals surface area contributed by atoms with Crippen LogP contribution in [0.2, 0.25) is 0 Å². The molecule has 1 aromatic heterocycles. The van der Waals surface area contributed by atoms with E-state index < -0.39 is 62.5 Å². The molecular weight excluding hydrogens is 709 g/mol. The smallest absolute Gasteiger partial charge is 0.429 e. The van der Waals surface area contributed by atoms with Gasteiger partial charge in [-0.3, -0.25) is 23.4 Å². The first-order valence-electron chi connectivity index (χ1n) is 17.2. The van der Waals surface area contributed by atoms with Gasteiger partial charge in [-0.05, 0) is 29.5 Å². The molecule has 0 aliphatic carbocycles. The van der Waals surface area contributed by atoms with Crippen molar-refractivity contribution in [2.75, 3.05) is 19.7 Å². The molecule has 1 unspecified atom stereocenters. The number of carbonyl (C=O) groups is 2. The quantitative estimate of drug-likeness (QED) is 0.123. The summed E-state index contributed by atoms with van der Waals surface area (Å²) in [5.41, 5.74) is 0.547. The summed E-state index contributed by atoms with van der Waals surface area (Å²) in [5, 5.41) is 0. The minimum atomic E-state index is -3.99. The van der Waals surface area contributed by atoms with Gasteiger partial charge in [0.15, 0.2) is 18.4 Å². The van der Waals surface area contributed by atoms with E-state index in [9.17, 15) is 23.7 Å². The molecule has 0 saturated carbocycles. The summed E-state index contributed by atoms with van der Waals surface area (Å²) in [5.74, 6) is 0. The maximum absolute atomic E-state index is 14.5. The highest BCUT2D eigenvalue weighted by Gasteiger charge is 2.52. The van der Waals surface area contributed by atoms with Crippen molar-refractivity contribution in [2.24, 2.45) is 0 Å². The molecule has 3 heterocycles. The van der Waals surface area contributed by atoms with Crippen molar-refractivity contribution >= 4 is 20.1 Å². The Morgan fingerprint density at radius 1 is 0.698 bits per heavy atom. The number of nitrogens with zero attached hydrogens (tertiary/aromatic N) is 2. The Bertz CT molecular complexity index is 1950. The highest BCUT2D eigenvalue weighted by molar-refractivity contribution is 7.51. The van der Waals surface area contributed by atoms with Crippen molar-refractivity contribution < 1.29 is 46.9 Å². The van der Waals surface area contributed by atoms with Gasteiger partial charge in [0.1, 0.15) is 19.3 Å². The zero-order valence-electron chi connectivity index (χ0n) is 28.7. The van der Waals surface area contributed by atoms with Gasteiger partial charge in [0.05, 0.1) is 13.2 Å². The highest BCUT2D eigenvalue weighted by Crippen LogP contribution is 2.54. The number of hydrogen-bond donors (Lipinski definition) is 1. The highest BCUT2D eigenvalue weighted by atomic mass is 31.2. The first kappa shape index (κ1) is 37.7. The van der Waals surface area contributed by atoms with E-state index in [1.165, 1.54) is 0 Å². The van der Waals surface area contributed by atoms with Crippen molar-refractivity contribution in [1.29, 1.82) is 0 Å². The Balaban J connectivity index is 1.27. The summed E-state index contributed by atoms with van der Waals surface area (Å²) < 4.78 is 57.6. The number of H-pyrrole nitrogens is 1. The number of carbonyl (C=O) groups excluding carboxylic acids is 2. The lowest BCUT2D eigenvalue weighted by Gasteiger charge is -2.33. The van der Waals surface area contributed by atoms with Crippen molar-refractivity contribution in [1.82, 2.24) is 14.2 Å². The van der Waals surface area contributed by atoms with Crippen LogP contribution in [0.4, 0.5) is 9.59 Å². The third-order valence-electron chi connectivity index (χ3n) is 8.59. The van der Waals surface area contributed by atoms with Crippen LogP contribution in [-0.4, -0.2) is 64.5 Å². The Morgan fingerprint density at radius 3 is 1.77 bits per heavy atom. The minimum Gasteiger partial charge on any atom is -0.429 e. The first-order chi connectivity index (χ1) is 25.8. The van der Waals surface area contributed by atoms with E-state index in [4.69, 9.17) is 32.7 Å². The normalized spacial score (nSPS) is 21.3. The Morgan fingerprint density at radius 2 is 1.23 bits per heavy atom. The van der Waals surface area contributed by atoms with Gasteiger partial charge in [-0.25, -0.2) is 23.6 Å². The zero-order valence-corrected chi connectivity index (χ0v) is 29.6. The van der Waals surface area contributed by atoms with Crippen molar-refractivity contribution in [3.05, 3.63) is 141 Å². The lowest BCUT2D eigenvalue weighted by molar-refractivity contribution is -0.0684. The fourth-order valence-corrected chi connectivity index (χ4v) is 7.73. The third-order valence-corrected chi connectivity index (χ3v) is 10.6. The molecule has 4 aromatic rings. The second-order valence-corrected chi connectivity index (χ2v) is 14.4. The molecule has 2 aliphatic heterocycles. The molecule has 280 valence electrons. The number of nitrogens with one attached hydrogen (secondary N) is 1. The number of piperidine rings is 1. The largest absolute Gasteiger partial charge is 0.509 e. The van der Waals surface area contributed by atoms with Crippen molar-refractivity contribution in [3.8, 4) is 0 Å². The molecule has 2 fully saturated rings. The number of hydrogen-bond acceptors (Lipinski definition) is 12. The number of aromatic nitrogens is 2. The van der Waals surface area contributed by atoms with Crippen LogP contribution in [0.15, 0.2) is 113 Å². The van der Waals surface area contributed by atoms with Crippen LogP contribution in [0.5, 0.6) is 0 Å². The first-order valence-corrected chi connectivity index (χ1v) is 18.7. The van der Waals surface area contributed by atoms with Crippen LogP contribution in [-0.2, 0) is 57.1 Å². The fraction of sp³-hybridized carbons (Fsp3) is 0.351. The topological polar surface area (TPSA) is 174 Å². The molecule has 15 nitrogen and oxygen atoms in total. The second kappa shape index (κ2) is 18.1. The van der Waals surface area contributed by atoms with E-state index in [-0.39, 0.29) is 19.8 Å². The summed E-state index contributed by atoms with van der Waals surface area (Å²) >= 11 is 0. The molecule has 2 saturated heterocycles. The van der Waals surface area contributed by atoms with Crippen LogP contribution in [0.3, 0.4) is 0 Å². The predicted octanol–water partition coefficient (Wildman–Crippen LogP) is 5.71. The van der Waals surface area contributed by atoms with Gasteiger partial charge in [0, 0.05) is 25.4 Å². The van der Waals surface area contributed by atoms with Gasteiger partial charge in [0.25, 0.3) is 5.56 Å². The number of rotatable bonds is 14. The van der Waals surface area contributed by atoms with Crippen LogP contribution < -0.4 is 11.2 Å². The molecule has 6 rings (SSSR count). The number of ether oxygens (including phenoxy) is 5. The SMILES string of the molecule is O=C(OCc1ccccc1)O[C@@H]1[C@H](OC(=O)OCc2ccccc2)[C@@H](COP(=O)(OCc2ccccc2)N2CCCCC2)O[C@H]1n1ccc(=O)[nH]c1=O. The van der Waals surface area contributed by atoms with E-state index in [1.54, 1.807) is 53.2 Å². The molecule has 0 spiro atoms. The van der Waals surface area contributed by atoms with Gasteiger partial charge in [-0.1, -0.05) is 97.4 Å². The van der Waals surface area contributed by atoms with Crippen molar-refractivity contribution in [2.45, 2.75) is 63.6 Å². The Labute approximate surface area is 304 Å². The van der Waals surface area contributed by atoms with Crippen LogP contribution in [0.25, 0.3) is 0 Å². The minimum absolute atomic E-state index is 0.0136. The van der Waals surface area contributed by atoms with E-state index >= 15 is 0 Å². The fourth-order valence-electron chi connectivity index (χ4n) is 5.91. The van der Waals surface area contributed by atoms with Gasteiger partial charge in [-0.2, -0.15) is 0 Å². The standard InChI is InChI=1S/C37H40N3O12P/c41-31-19-22-40(35(42)38-31)34-33(52-37(44)47-24-28-15-7-2-8-16-28)32(51-36(43)46-23-27-13-5-1-6-14-27)30(50-34)26-49-53(45,39-20-11-4-12-21-39)48-25-29-17-9-3-10-18-29/h1-3,5-10,13-19,22,30,32-34H,4,11-12,20-21,23-26H2,(H,38,41,42)/t30-,32-,33-,34-,53?/m1/s1. The van der Waals surface area contributed by atoms with Crippen LogP contribution >= 0.6 is 7.75 Å². The Kier molecular flexibility index (Phi) is 12.9. The van der Waals surface area contributed by atoms with E-state index in [0.29, 0.717) is 24.2 Å². The molecular formula is C37H40N3O12P. The molecule has 0 amide bonds. The molecule has 1 N–H and O–H groups in total. The second-order valence-electron chi connectivity index (χ2n) is 12.3. The van der Waals surface area contributed by atoms with E-state index in [0.717, 1.165) is 41.7 Å². The molecule has 5 atom stereocenters. The van der Waals surface area contributed by atoms with Crippen molar-refractivity contribution in [3.63, 3.8) is 0 Å². The molecule has 0 radical (unpaired) electrons. The lowest BCUT2D eigenvalue weighted by Crippen LogP contribution is -2.43. The van der Waals surface area contributed by atoms with E-state index in [2.05, 4.69) is 4.98 Å². The average Bonchev–Trinajstić information content (AvgIpc) is 3.51. The van der Waals surface area contributed by atoms with E-state index in [1.807, 2.05) is 42.5 Å². The maximum Gasteiger partial charge on any atom is 0.509 e. The summed E-state index contributed by atoms with van der Waals surface area (Å²) in [4.78, 5) is 53.5. The maximum atomic E-state index is 14.5. The van der Waals surface area contributed by atoms with Crippen LogP contribution in [0, 0.1) is 0 Å². The Hall–Kier alpha value is -5.05. The molecule has 3 aromatic carbocycles. The summed E-state index contributed by atoms with van der Waals surface area (Å²) in [6.07, 6.45) is -4.45. The van der Waals surface area contributed by atoms with Gasteiger partial charge >= 0.3 is 25.7 Å². The molecule has 16 heteroatoms.